The van der Waals surface area contributed by atoms with Gasteiger partial charge < -0.3 is 4.74 Å². The lowest BCUT2D eigenvalue weighted by Gasteiger charge is -2.05. The van der Waals surface area contributed by atoms with Crippen molar-refractivity contribution >= 4 is 11.8 Å². The van der Waals surface area contributed by atoms with E-state index in [-0.39, 0.29) is 12.4 Å². The van der Waals surface area contributed by atoms with E-state index in [9.17, 15) is 9.59 Å². The third-order valence-electron chi connectivity index (χ3n) is 3.46. The molecule has 0 heterocycles. The fourth-order valence-corrected chi connectivity index (χ4v) is 1.83. The molecule has 0 aliphatic heterocycles. The Morgan fingerprint density at radius 2 is 1.67 bits per heavy atom. The first-order valence-electron chi connectivity index (χ1n) is 8.16. The Labute approximate surface area is 129 Å². The lowest BCUT2D eigenvalue weighted by atomic mass is 10.1. The molecule has 3 nitrogen and oxygen atoms in total. The van der Waals surface area contributed by atoms with Gasteiger partial charge in [0.25, 0.3) is 0 Å². The number of carbonyl (C=O) groups excluding carboxylic acids is 2. The molecule has 0 fully saturated rings. The first-order chi connectivity index (χ1) is 10.1. The summed E-state index contributed by atoms with van der Waals surface area (Å²) in [5.41, 5.74) is 3.01. The Morgan fingerprint density at radius 3 is 2.29 bits per heavy atom. The van der Waals surface area contributed by atoms with E-state index in [1.54, 1.807) is 13.0 Å². The van der Waals surface area contributed by atoms with Crippen molar-refractivity contribution in [3.8, 4) is 0 Å². The van der Waals surface area contributed by atoms with E-state index in [0.717, 1.165) is 6.42 Å². The summed E-state index contributed by atoms with van der Waals surface area (Å²) in [6.45, 7) is 5.37. The summed E-state index contributed by atoms with van der Waals surface area (Å²) in [6, 6.07) is 0. The molecule has 120 valence electrons. The van der Waals surface area contributed by atoms with Gasteiger partial charge in [0.2, 0.25) is 0 Å². The minimum atomic E-state index is -0.671. The van der Waals surface area contributed by atoms with Gasteiger partial charge in [-0.1, -0.05) is 45.4 Å². The van der Waals surface area contributed by atoms with E-state index in [1.165, 1.54) is 51.9 Å². The van der Waals surface area contributed by atoms with Gasteiger partial charge in [-0.05, 0) is 38.8 Å². The number of hydrogen-bond acceptors (Lipinski definition) is 3. The molecule has 21 heavy (non-hydrogen) atoms. The maximum absolute atomic E-state index is 11.4. The molecule has 3 heteroatoms. The van der Waals surface area contributed by atoms with Crippen LogP contribution in [0.1, 0.15) is 72.1 Å². The Hall–Kier alpha value is -1.34. The standard InChI is InChI=1S/C18H30O3/c1-4-5-6-7-8-9-10-11-12-13-14-15-21-18(20)16(2)17(3)19/h12,14,16H,4-11,15H2,1-3H3. The van der Waals surface area contributed by atoms with Gasteiger partial charge in [-0.25, -0.2) is 0 Å². The van der Waals surface area contributed by atoms with Crippen LogP contribution in [0.5, 0.6) is 0 Å². The number of rotatable bonds is 12. The number of Topliss-reactive ketones (excluding diaryl/α,β-unsaturated/α-hetero) is 1. The Morgan fingerprint density at radius 1 is 1.05 bits per heavy atom. The summed E-state index contributed by atoms with van der Waals surface area (Å²) in [5, 5.41) is 0. The molecule has 0 aromatic rings. The number of ether oxygens (including phenoxy) is 1. The average molecular weight is 294 g/mol. The van der Waals surface area contributed by atoms with Gasteiger partial charge in [-0.15, -0.1) is 5.73 Å². The zero-order valence-corrected chi connectivity index (χ0v) is 13.8. The van der Waals surface area contributed by atoms with Crippen molar-refractivity contribution < 1.29 is 14.3 Å². The molecule has 0 saturated heterocycles. The molecule has 0 aliphatic rings. The quantitative estimate of drug-likeness (QED) is 0.228. The van der Waals surface area contributed by atoms with Gasteiger partial charge in [0.15, 0.2) is 0 Å². The van der Waals surface area contributed by atoms with E-state index in [2.05, 4.69) is 12.7 Å². The largest absolute Gasteiger partial charge is 0.460 e. The number of unbranched alkanes of at least 4 members (excludes halogenated alkanes) is 7. The van der Waals surface area contributed by atoms with E-state index < -0.39 is 11.9 Å². The zero-order chi connectivity index (χ0) is 15.9. The molecule has 1 atom stereocenters. The van der Waals surface area contributed by atoms with Crippen molar-refractivity contribution in [1.82, 2.24) is 0 Å². The van der Waals surface area contributed by atoms with Crippen molar-refractivity contribution in [3.63, 3.8) is 0 Å². The van der Waals surface area contributed by atoms with Crippen LogP contribution in [0.15, 0.2) is 17.9 Å². The van der Waals surface area contributed by atoms with Crippen LogP contribution in [0.3, 0.4) is 0 Å². The lowest BCUT2D eigenvalue weighted by molar-refractivity contribution is -0.149. The number of hydrogen-bond donors (Lipinski definition) is 0. The van der Waals surface area contributed by atoms with Gasteiger partial charge >= 0.3 is 5.97 Å². The van der Waals surface area contributed by atoms with Gasteiger partial charge in [-0.3, -0.25) is 9.59 Å². The van der Waals surface area contributed by atoms with Gasteiger partial charge in [-0.2, -0.15) is 0 Å². The van der Waals surface area contributed by atoms with Crippen LogP contribution in [-0.2, 0) is 14.3 Å². The Kier molecular flexibility index (Phi) is 12.8. The SMILES string of the molecule is CCCCCCCCCC=C=CCOC(=O)C(C)C(C)=O. The molecule has 0 amide bonds. The minimum Gasteiger partial charge on any atom is -0.460 e. The fourth-order valence-electron chi connectivity index (χ4n) is 1.83. The van der Waals surface area contributed by atoms with Gasteiger partial charge in [0.1, 0.15) is 18.3 Å². The summed E-state index contributed by atoms with van der Waals surface area (Å²) < 4.78 is 4.95. The molecule has 0 aliphatic carbocycles. The summed E-state index contributed by atoms with van der Waals surface area (Å²) in [6.07, 6.45) is 13.8. The van der Waals surface area contributed by atoms with Crippen LogP contribution in [0, 0.1) is 5.92 Å². The number of esters is 1. The lowest BCUT2D eigenvalue weighted by Crippen LogP contribution is -2.21. The third-order valence-corrected chi connectivity index (χ3v) is 3.46. The third kappa shape index (κ3) is 12.1. The summed E-state index contributed by atoms with van der Waals surface area (Å²) in [4.78, 5) is 22.3. The second kappa shape index (κ2) is 13.6. The Bertz CT molecular complexity index is 351. The normalized spacial score (nSPS) is 11.4. The number of ketones is 1. The summed E-state index contributed by atoms with van der Waals surface area (Å²) in [7, 11) is 0. The fraction of sp³-hybridized carbons (Fsp3) is 0.722. The molecule has 0 spiro atoms. The van der Waals surface area contributed by atoms with Crippen molar-refractivity contribution in [1.29, 1.82) is 0 Å². The second-order valence-electron chi connectivity index (χ2n) is 5.45. The van der Waals surface area contributed by atoms with E-state index in [4.69, 9.17) is 4.74 Å². The van der Waals surface area contributed by atoms with Crippen molar-refractivity contribution in [2.75, 3.05) is 6.61 Å². The van der Waals surface area contributed by atoms with E-state index >= 15 is 0 Å². The van der Waals surface area contributed by atoms with Crippen molar-refractivity contribution in [2.45, 2.75) is 72.1 Å². The van der Waals surface area contributed by atoms with Crippen LogP contribution in [0.4, 0.5) is 0 Å². The predicted octanol–water partition coefficient (Wildman–Crippen LogP) is 4.61. The highest BCUT2D eigenvalue weighted by Crippen LogP contribution is 2.08. The van der Waals surface area contributed by atoms with E-state index in [1.807, 2.05) is 6.08 Å². The van der Waals surface area contributed by atoms with Crippen LogP contribution in [0.2, 0.25) is 0 Å². The Balaban J connectivity index is 3.53. The van der Waals surface area contributed by atoms with Crippen LogP contribution < -0.4 is 0 Å². The van der Waals surface area contributed by atoms with E-state index in [0.29, 0.717) is 0 Å². The maximum atomic E-state index is 11.4. The van der Waals surface area contributed by atoms with Crippen molar-refractivity contribution in [3.05, 3.63) is 17.9 Å². The topological polar surface area (TPSA) is 43.4 Å². The summed E-state index contributed by atoms with van der Waals surface area (Å²) >= 11 is 0. The molecule has 0 aromatic carbocycles. The molecule has 0 N–H and O–H groups in total. The molecule has 0 saturated carbocycles. The molecule has 0 bridgehead atoms. The first-order valence-corrected chi connectivity index (χ1v) is 8.16. The molecule has 1 unspecified atom stereocenters. The highest BCUT2D eigenvalue weighted by molar-refractivity contribution is 5.97. The van der Waals surface area contributed by atoms with Crippen molar-refractivity contribution in [2.24, 2.45) is 5.92 Å². The highest BCUT2D eigenvalue weighted by Gasteiger charge is 2.18. The van der Waals surface area contributed by atoms with Crippen LogP contribution >= 0.6 is 0 Å². The average Bonchev–Trinajstić information content (AvgIpc) is 2.47. The molecular weight excluding hydrogens is 264 g/mol. The zero-order valence-electron chi connectivity index (χ0n) is 13.8. The monoisotopic (exact) mass is 294 g/mol. The minimum absolute atomic E-state index is 0.168. The number of carbonyl (C=O) groups is 2. The van der Waals surface area contributed by atoms with Crippen LogP contribution in [-0.4, -0.2) is 18.4 Å². The molecule has 0 aromatic heterocycles. The maximum Gasteiger partial charge on any atom is 0.316 e. The first kappa shape index (κ1) is 19.7. The predicted molar refractivity (Wildman–Crippen MR) is 86.1 cm³/mol. The summed E-state index contributed by atoms with van der Waals surface area (Å²) in [5.74, 6) is -1.30. The molecule has 0 radical (unpaired) electrons. The molecule has 0 rings (SSSR count). The van der Waals surface area contributed by atoms with Gasteiger partial charge in [0.05, 0.1) is 0 Å². The van der Waals surface area contributed by atoms with Crippen LogP contribution in [0.25, 0.3) is 0 Å². The molecular formula is C18H30O3. The van der Waals surface area contributed by atoms with Gasteiger partial charge in [0, 0.05) is 0 Å². The smallest absolute Gasteiger partial charge is 0.316 e. The highest BCUT2D eigenvalue weighted by atomic mass is 16.5. The second-order valence-corrected chi connectivity index (χ2v) is 5.45.